The Morgan fingerprint density at radius 2 is 2.00 bits per heavy atom. The monoisotopic (exact) mass is 271 g/mol. The van der Waals surface area contributed by atoms with Crippen molar-refractivity contribution >= 4 is 23.2 Å². The quantitative estimate of drug-likeness (QED) is 0.870. The number of hydrogen-bond donors (Lipinski definition) is 1. The molecule has 1 N–H and O–H groups in total. The molecule has 1 aromatic carbocycles. The van der Waals surface area contributed by atoms with Gasteiger partial charge in [0.05, 0.1) is 10.0 Å². The van der Waals surface area contributed by atoms with E-state index in [0.717, 1.165) is 18.3 Å². The van der Waals surface area contributed by atoms with Gasteiger partial charge in [-0.25, -0.2) is 0 Å². The second-order valence-electron chi connectivity index (χ2n) is 5.04. The molecule has 1 nitrogen and oxygen atoms in total. The fraction of sp³-hybridized carbons (Fsp3) is 0.571. The molecule has 1 aliphatic rings. The lowest BCUT2D eigenvalue weighted by Gasteiger charge is -2.20. The summed E-state index contributed by atoms with van der Waals surface area (Å²) in [6.45, 7) is 2.34. The summed E-state index contributed by atoms with van der Waals surface area (Å²) < 4.78 is 0. The van der Waals surface area contributed by atoms with E-state index in [1.54, 1.807) is 0 Å². The van der Waals surface area contributed by atoms with Gasteiger partial charge in [0, 0.05) is 6.04 Å². The largest absolute Gasteiger partial charge is 0.317 e. The molecule has 0 amide bonds. The maximum absolute atomic E-state index is 6.05. The van der Waals surface area contributed by atoms with Crippen LogP contribution < -0.4 is 5.32 Å². The third kappa shape index (κ3) is 2.96. The molecule has 0 saturated heterocycles. The summed E-state index contributed by atoms with van der Waals surface area (Å²) in [6, 6.07) is 6.66. The highest BCUT2D eigenvalue weighted by molar-refractivity contribution is 6.42. The molecule has 3 heteroatoms. The molecule has 17 heavy (non-hydrogen) atoms. The van der Waals surface area contributed by atoms with Crippen molar-refractivity contribution in [1.82, 2.24) is 5.32 Å². The van der Waals surface area contributed by atoms with Crippen molar-refractivity contribution in [3.05, 3.63) is 33.8 Å². The normalized spacial score (nSPS) is 28.6. The third-order valence-electron chi connectivity index (χ3n) is 4.08. The average molecular weight is 272 g/mol. The van der Waals surface area contributed by atoms with Gasteiger partial charge in [0.25, 0.3) is 0 Å². The van der Waals surface area contributed by atoms with Gasteiger partial charge < -0.3 is 5.32 Å². The van der Waals surface area contributed by atoms with Crippen molar-refractivity contribution in [1.29, 1.82) is 0 Å². The second-order valence-corrected chi connectivity index (χ2v) is 5.86. The summed E-state index contributed by atoms with van der Waals surface area (Å²) in [5.41, 5.74) is 1.30. The average Bonchev–Trinajstić information content (AvgIpc) is 2.65. The number of halogens is 2. The lowest BCUT2D eigenvalue weighted by Crippen LogP contribution is -2.29. The first-order valence-corrected chi connectivity index (χ1v) is 6.98. The van der Waals surface area contributed by atoms with E-state index in [4.69, 9.17) is 23.2 Å². The first-order valence-electron chi connectivity index (χ1n) is 6.23. The fourth-order valence-corrected chi connectivity index (χ4v) is 3.23. The van der Waals surface area contributed by atoms with Gasteiger partial charge in [-0.15, -0.1) is 0 Å². The van der Waals surface area contributed by atoms with E-state index in [2.05, 4.69) is 25.4 Å². The van der Waals surface area contributed by atoms with Crippen LogP contribution in [-0.2, 0) is 6.42 Å². The molecule has 0 heterocycles. The number of rotatable bonds is 3. The van der Waals surface area contributed by atoms with Crippen molar-refractivity contribution < 1.29 is 0 Å². The zero-order chi connectivity index (χ0) is 12.4. The van der Waals surface area contributed by atoms with Gasteiger partial charge in [-0.05, 0) is 55.8 Å². The van der Waals surface area contributed by atoms with Crippen molar-refractivity contribution in [3.63, 3.8) is 0 Å². The number of hydrogen-bond acceptors (Lipinski definition) is 1. The highest BCUT2D eigenvalue weighted by Crippen LogP contribution is 2.35. The Morgan fingerprint density at radius 1 is 1.24 bits per heavy atom. The highest BCUT2D eigenvalue weighted by atomic mass is 35.5. The van der Waals surface area contributed by atoms with E-state index >= 15 is 0 Å². The van der Waals surface area contributed by atoms with Crippen LogP contribution in [0.25, 0.3) is 0 Å². The van der Waals surface area contributed by atoms with Gasteiger partial charge in [-0.3, -0.25) is 0 Å². The topological polar surface area (TPSA) is 12.0 Å². The van der Waals surface area contributed by atoms with Crippen molar-refractivity contribution in [2.24, 2.45) is 11.8 Å². The molecule has 0 aliphatic heterocycles. The van der Waals surface area contributed by atoms with Crippen LogP contribution in [0, 0.1) is 11.8 Å². The van der Waals surface area contributed by atoms with E-state index in [1.807, 2.05) is 12.1 Å². The summed E-state index contributed by atoms with van der Waals surface area (Å²) in [5.74, 6) is 1.49. The Labute approximate surface area is 114 Å². The molecule has 1 fully saturated rings. The van der Waals surface area contributed by atoms with Crippen LogP contribution in [-0.4, -0.2) is 13.1 Å². The molecule has 2 rings (SSSR count). The first kappa shape index (κ1) is 13.2. The minimum absolute atomic E-state index is 0.642. The zero-order valence-corrected chi connectivity index (χ0v) is 11.9. The van der Waals surface area contributed by atoms with Crippen LogP contribution in [0.3, 0.4) is 0 Å². The smallest absolute Gasteiger partial charge is 0.0595 e. The molecule has 0 aromatic heterocycles. The minimum Gasteiger partial charge on any atom is -0.317 e. The summed E-state index contributed by atoms with van der Waals surface area (Å²) in [4.78, 5) is 0. The third-order valence-corrected chi connectivity index (χ3v) is 4.82. The van der Waals surface area contributed by atoms with E-state index in [9.17, 15) is 0 Å². The Morgan fingerprint density at radius 3 is 2.59 bits per heavy atom. The van der Waals surface area contributed by atoms with Gasteiger partial charge in [-0.1, -0.05) is 36.2 Å². The molecule has 0 bridgehead atoms. The van der Waals surface area contributed by atoms with E-state index < -0.39 is 0 Å². The summed E-state index contributed by atoms with van der Waals surface area (Å²) in [7, 11) is 2.06. The summed E-state index contributed by atoms with van der Waals surface area (Å²) >= 11 is 12.0. The Kier molecular flexibility index (Phi) is 4.35. The van der Waals surface area contributed by atoms with Crippen LogP contribution in [0.15, 0.2) is 18.2 Å². The van der Waals surface area contributed by atoms with E-state index in [0.29, 0.717) is 16.1 Å². The number of benzene rings is 1. The van der Waals surface area contributed by atoms with Crippen LogP contribution in [0.4, 0.5) is 0 Å². The summed E-state index contributed by atoms with van der Waals surface area (Å²) in [5, 5.41) is 4.71. The van der Waals surface area contributed by atoms with Crippen molar-refractivity contribution in [2.75, 3.05) is 7.05 Å². The second kappa shape index (κ2) is 5.60. The fourth-order valence-electron chi connectivity index (χ4n) is 2.91. The minimum atomic E-state index is 0.642. The zero-order valence-electron chi connectivity index (χ0n) is 10.3. The maximum Gasteiger partial charge on any atom is 0.0595 e. The first-order chi connectivity index (χ1) is 8.11. The summed E-state index contributed by atoms with van der Waals surface area (Å²) in [6.07, 6.45) is 3.69. The van der Waals surface area contributed by atoms with Gasteiger partial charge in [0.2, 0.25) is 0 Å². The van der Waals surface area contributed by atoms with Gasteiger partial charge >= 0.3 is 0 Å². The van der Waals surface area contributed by atoms with Crippen LogP contribution in [0.1, 0.15) is 25.3 Å². The molecule has 3 atom stereocenters. The van der Waals surface area contributed by atoms with E-state index in [1.165, 1.54) is 18.4 Å². The lowest BCUT2D eigenvalue weighted by molar-refractivity contribution is 0.364. The molecular formula is C14H19Cl2N. The SMILES string of the molecule is CNC1CCC(Cc2ccc(Cl)c(Cl)c2)C1C. The van der Waals surface area contributed by atoms with Gasteiger partial charge in [-0.2, -0.15) is 0 Å². The molecular weight excluding hydrogens is 253 g/mol. The van der Waals surface area contributed by atoms with Crippen molar-refractivity contribution in [2.45, 2.75) is 32.2 Å². The Hall–Kier alpha value is -0.240. The predicted octanol–water partition coefficient (Wildman–Crippen LogP) is 4.17. The Bertz CT molecular complexity index is 392. The van der Waals surface area contributed by atoms with E-state index in [-0.39, 0.29) is 0 Å². The van der Waals surface area contributed by atoms with Gasteiger partial charge in [0.1, 0.15) is 0 Å². The molecule has 1 saturated carbocycles. The van der Waals surface area contributed by atoms with Crippen LogP contribution >= 0.6 is 23.2 Å². The standard InChI is InChI=1S/C14H19Cl2N/c1-9-11(4-6-14(9)17-2)7-10-3-5-12(15)13(16)8-10/h3,5,8-9,11,14,17H,4,6-7H2,1-2H3. The van der Waals surface area contributed by atoms with Crippen molar-refractivity contribution in [3.8, 4) is 0 Å². The van der Waals surface area contributed by atoms with Crippen LogP contribution in [0.2, 0.25) is 10.0 Å². The van der Waals surface area contributed by atoms with Crippen LogP contribution in [0.5, 0.6) is 0 Å². The maximum atomic E-state index is 6.05. The van der Waals surface area contributed by atoms with Gasteiger partial charge in [0.15, 0.2) is 0 Å². The molecule has 1 aliphatic carbocycles. The molecule has 0 radical (unpaired) electrons. The molecule has 3 unspecified atom stereocenters. The molecule has 0 spiro atoms. The number of nitrogens with one attached hydrogen (secondary N) is 1. The highest BCUT2D eigenvalue weighted by Gasteiger charge is 2.31. The molecule has 1 aromatic rings. The lowest BCUT2D eigenvalue weighted by atomic mass is 9.89. The Balaban J connectivity index is 2.04. The predicted molar refractivity (Wildman–Crippen MR) is 74.9 cm³/mol. The molecule has 94 valence electrons.